The molecule has 1 amide bonds. The van der Waals surface area contributed by atoms with Gasteiger partial charge < -0.3 is 5.32 Å². The standard InChI is InChI=1S/C18H25N5OS/c1-13-9-7-8-12-16(13)23-18(20-21-22-23)25-14(2)17(24)19-15-10-5-3-4-6-11-15/h7-9,12,14-15H,3-6,10-11H2,1-2H3,(H,19,24)/t14-/m1/s1. The average molecular weight is 359 g/mol. The Kier molecular flexibility index (Phi) is 6.07. The van der Waals surface area contributed by atoms with Crippen LogP contribution in [0.25, 0.3) is 5.69 Å². The Morgan fingerprint density at radius 2 is 1.96 bits per heavy atom. The lowest BCUT2D eigenvalue weighted by molar-refractivity contribution is -0.121. The number of para-hydroxylation sites is 1. The molecule has 1 aromatic carbocycles. The van der Waals surface area contributed by atoms with E-state index in [2.05, 4.69) is 20.8 Å². The van der Waals surface area contributed by atoms with Crippen molar-refractivity contribution in [3.63, 3.8) is 0 Å². The normalized spacial score (nSPS) is 17.0. The Labute approximate surface area is 152 Å². The first kappa shape index (κ1) is 17.9. The third kappa shape index (κ3) is 4.60. The van der Waals surface area contributed by atoms with E-state index in [0.29, 0.717) is 11.2 Å². The van der Waals surface area contributed by atoms with Crippen molar-refractivity contribution in [1.29, 1.82) is 0 Å². The van der Waals surface area contributed by atoms with Crippen LogP contribution in [-0.2, 0) is 4.79 Å². The summed E-state index contributed by atoms with van der Waals surface area (Å²) >= 11 is 1.40. The first-order chi connectivity index (χ1) is 12.1. The molecule has 3 rings (SSSR count). The third-order valence-electron chi connectivity index (χ3n) is 4.64. The maximum absolute atomic E-state index is 12.6. The first-order valence-electron chi connectivity index (χ1n) is 8.96. The first-order valence-corrected chi connectivity index (χ1v) is 9.84. The molecule has 0 saturated heterocycles. The summed E-state index contributed by atoms with van der Waals surface area (Å²) in [6.07, 6.45) is 7.15. The smallest absolute Gasteiger partial charge is 0.233 e. The van der Waals surface area contributed by atoms with E-state index in [1.54, 1.807) is 4.68 Å². The molecule has 6 nitrogen and oxygen atoms in total. The molecule has 1 aromatic heterocycles. The van der Waals surface area contributed by atoms with Crippen molar-refractivity contribution in [2.75, 3.05) is 0 Å². The van der Waals surface area contributed by atoms with E-state index in [-0.39, 0.29) is 11.2 Å². The number of carbonyl (C=O) groups is 1. The molecule has 0 bridgehead atoms. The Morgan fingerprint density at radius 3 is 2.68 bits per heavy atom. The number of carbonyl (C=O) groups excluding carboxylic acids is 1. The second kappa shape index (κ2) is 8.47. The minimum Gasteiger partial charge on any atom is -0.352 e. The molecular weight excluding hydrogens is 334 g/mol. The molecule has 134 valence electrons. The summed E-state index contributed by atoms with van der Waals surface area (Å²) < 4.78 is 1.70. The van der Waals surface area contributed by atoms with Crippen molar-refractivity contribution in [2.24, 2.45) is 0 Å². The summed E-state index contributed by atoms with van der Waals surface area (Å²) in [7, 11) is 0. The predicted octanol–water partition coefficient (Wildman–Crippen LogP) is 3.29. The van der Waals surface area contributed by atoms with E-state index in [9.17, 15) is 4.79 Å². The van der Waals surface area contributed by atoms with Crippen LogP contribution in [-0.4, -0.2) is 37.4 Å². The van der Waals surface area contributed by atoms with Crippen molar-refractivity contribution in [1.82, 2.24) is 25.5 Å². The molecule has 1 atom stereocenters. The van der Waals surface area contributed by atoms with Crippen LogP contribution >= 0.6 is 11.8 Å². The van der Waals surface area contributed by atoms with Gasteiger partial charge in [0, 0.05) is 6.04 Å². The van der Waals surface area contributed by atoms with E-state index in [1.807, 2.05) is 38.1 Å². The molecule has 2 aromatic rings. The lowest BCUT2D eigenvalue weighted by Crippen LogP contribution is -2.39. The van der Waals surface area contributed by atoms with Crippen molar-refractivity contribution < 1.29 is 4.79 Å². The number of aromatic nitrogens is 4. The molecule has 25 heavy (non-hydrogen) atoms. The molecular formula is C18H25N5OS. The number of nitrogens with zero attached hydrogens (tertiary/aromatic N) is 4. The van der Waals surface area contributed by atoms with Gasteiger partial charge in [-0.2, -0.15) is 4.68 Å². The summed E-state index contributed by atoms with van der Waals surface area (Å²) in [5.41, 5.74) is 2.03. The highest BCUT2D eigenvalue weighted by Crippen LogP contribution is 2.25. The van der Waals surface area contributed by atoms with Gasteiger partial charge >= 0.3 is 0 Å². The van der Waals surface area contributed by atoms with E-state index in [4.69, 9.17) is 0 Å². The number of amides is 1. The Bertz CT molecular complexity index is 709. The van der Waals surface area contributed by atoms with Crippen LogP contribution in [0, 0.1) is 6.92 Å². The van der Waals surface area contributed by atoms with Crippen LogP contribution < -0.4 is 5.32 Å². The molecule has 1 N–H and O–H groups in total. The minimum atomic E-state index is -0.239. The number of aryl methyl sites for hydroxylation is 1. The molecule has 1 aliphatic rings. The minimum absolute atomic E-state index is 0.0660. The summed E-state index contributed by atoms with van der Waals surface area (Å²) in [5, 5.41) is 15.6. The lowest BCUT2D eigenvalue weighted by Gasteiger charge is -2.19. The fraction of sp³-hybridized carbons (Fsp3) is 0.556. The highest BCUT2D eigenvalue weighted by Gasteiger charge is 2.22. The van der Waals surface area contributed by atoms with Gasteiger partial charge in [-0.15, -0.1) is 5.10 Å². The van der Waals surface area contributed by atoms with Gasteiger partial charge in [-0.3, -0.25) is 4.79 Å². The number of benzene rings is 1. The van der Waals surface area contributed by atoms with Crippen molar-refractivity contribution in [3.05, 3.63) is 29.8 Å². The van der Waals surface area contributed by atoms with Gasteiger partial charge in [-0.25, -0.2) is 0 Å². The lowest BCUT2D eigenvalue weighted by atomic mass is 10.1. The number of hydrogen-bond acceptors (Lipinski definition) is 5. The van der Waals surface area contributed by atoms with Crippen molar-refractivity contribution in [3.8, 4) is 5.69 Å². The quantitative estimate of drug-likeness (QED) is 0.655. The van der Waals surface area contributed by atoms with E-state index >= 15 is 0 Å². The van der Waals surface area contributed by atoms with Gasteiger partial charge in [-0.1, -0.05) is 55.6 Å². The fourth-order valence-corrected chi connectivity index (χ4v) is 3.97. The van der Waals surface area contributed by atoms with Crippen LogP contribution in [0.4, 0.5) is 0 Å². The van der Waals surface area contributed by atoms with E-state index in [0.717, 1.165) is 24.1 Å². The molecule has 7 heteroatoms. The molecule has 1 fully saturated rings. The van der Waals surface area contributed by atoms with Crippen LogP contribution in [0.2, 0.25) is 0 Å². The summed E-state index contributed by atoms with van der Waals surface area (Å²) in [6.45, 7) is 3.93. The van der Waals surface area contributed by atoms with Crippen molar-refractivity contribution in [2.45, 2.75) is 68.8 Å². The monoisotopic (exact) mass is 359 g/mol. The van der Waals surface area contributed by atoms with Crippen LogP contribution in [0.5, 0.6) is 0 Å². The van der Waals surface area contributed by atoms with Gasteiger partial charge in [0.2, 0.25) is 11.1 Å². The molecule has 0 spiro atoms. The molecule has 1 saturated carbocycles. The zero-order valence-electron chi connectivity index (χ0n) is 14.8. The SMILES string of the molecule is Cc1ccccc1-n1nnnc1S[C@H](C)C(=O)NC1CCCCCC1. The van der Waals surface area contributed by atoms with Crippen LogP contribution in [0.1, 0.15) is 51.0 Å². The third-order valence-corrected chi connectivity index (χ3v) is 5.67. The van der Waals surface area contributed by atoms with E-state index in [1.165, 1.54) is 37.4 Å². The zero-order chi connectivity index (χ0) is 17.6. The number of hydrogen-bond donors (Lipinski definition) is 1. The second-order valence-electron chi connectivity index (χ2n) is 6.62. The second-order valence-corrected chi connectivity index (χ2v) is 7.92. The number of thioether (sulfide) groups is 1. The van der Waals surface area contributed by atoms with E-state index < -0.39 is 0 Å². The zero-order valence-corrected chi connectivity index (χ0v) is 15.6. The highest BCUT2D eigenvalue weighted by atomic mass is 32.2. The van der Waals surface area contributed by atoms with Gasteiger partial charge in [0.1, 0.15) is 0 Å². The number of rotatable bonds is 5. The van der Waals surface area contributed by atoms with Gasteiger partial charge in [0.15, 0.2) is 0 Å². The summed E-state index contributed by atoms with van der Waals surface area (Å²) in [6, 6.07) is 8.25. The Balaban J connectivity index is 1.65. The number of nitrogens with one attached hydrogen (secondary N) is 1. The largest absolute Gasteiger partial charge is 0.352 e. The molecule has 1 heterocycles. The predicted molar refractivity (Wildman–Crippen MR) is 98.8 cm³/mol. The maximum Gasteiger partial charge on any atom is 0.233 e. The van der Waals surface area contributed by atoms with Gasteiger partial charge in [0.25, 0.3) is 0 Å². The Hall–Kier alpha value is -1.89. The molecule has 0 radical (unpaired) electrons. The fourth-order valence-electron chi connectivity index (χ4n) is 3.16. The number of tetrazole rings is 1. The topological polar surface area (TPSA) is 72.7 Å². The highest BCUT2D eigenvalue weighted by molar-refractivity contribution is 8.00. The van der Waals surface area contributed by atoms with Crippen LogP contribution in [0.15, 0.2) is 29.4 Å². The maximum atomic E-state index is 12.6. The van der Waals surface area contributed by atoms with Gasteiger partial charge in [0.05, 0.1) is 10.9 Å². The molecule has 1 aliphatic carbocycles. The average Bonchev–Trinajstić information content (AvgIpc) is 2.90. The van der Waals surface area contributed by atoms with Crippen molar-refractivity contribution >= 4 is 17.7 Å². The molecule has 0 aliphatic heterocycles. The summed E-state index contributed by atoms with van der Waals surface area (Å²) in [5.74, 6) is 0.0660. The van der Waals surface area contributed by atoms with Crippen LogP contribution in [0.3, 0.4) is 0 Å². The molecule has 0 unspecified atom stereocenters. The summed E-state index contributed by atoms with van der Waals surface area (Å²) in [4.78, 5) is 12.6. The Morgan fingerprint density at radius 1 is 1.24 bits per heavy atom. The van der Waals surface area contributed by atoms with Gasteiger partial charge in [-0.05, 0) is 48.7 Å².